The summed E-state index contributed by atoms with van der Waals surface area (Å²) >= 11 is 0. The molecule has 3 nitrogen and oxygen atoms in total. The zero-order chi connectivity index (χ0) is 15.2. The van der Waals surface area contributed by atoms with Crippen LogP contribution in [0.15, 0.2) is 18.2 Å². The molecule has 0 unspecified atom stereocenters. The molecule has 1 aromatic carbocycles. The minimum atomic E-state index is -0.200. The summed E-state index contributed by atoms with van der Waals surface area (Å²) in [6.07, 6.45) is 0. The number of nitrogens with zero attached hydrogens (tertiary/aromatic N) is 1. The smallest absolute Gasteiger partial charge is 0.128 e. The van der Waals surface area contributed by atoms with Crippen LogP contribution in [0.1, 0.15) is 31.9 Å². The Labute approximate surface area is 122 Å². The van der Waals surface area contributed by atoms with Crippen LogP contribution < -0.4 is 5.32 Å². The standard InChI is InChI=1S/C16H27FN2O/c1-16(2,3)18-11-13-6-7-15(17)14(10-13)12-20-9-8-19(4)5/h6-7,10,18H,8-9,11-12H2,1-5H3. The molecule has 0 aliphatic rings. The summed E-state index contributed by atoms with van der Waals surface area (Å²) in [5.74, 6) is -0.200. The van der Waals surface area contributed by atoms with Gasteiger partial charge in [0, 0.05) is 24.2 Å². The van der Waals surface area contributed by atoms with Crippen LogP contribution in [0.2, 0.25) is 0 Å². The van der Waals surface area contributed by atoms with E-state index in [4.69, 9.17) is 4.74 Å². The molecule has 0 bridgehead atoms. The number of benzene rings is 1. The lowest BCUT2D eigenvalue weighted by atomic mass is 10.1. The second-order valence-electron chi connectivity index (χ2n) is 6.39. The molecule has 0 spiro atoms. The summed E-state index contributed by atoms with van der Waals surface area (Å²) in [6.45, 7) is 8.84. The molecule has 0 saturated heterocycles. The van der Waals surface area contributed by atoms with E-state index >= 15 is 0 Å². The molecule has 4 heteroatoms. The summed E-state index contributed by atoms with van der Waals surface area (Å²) < 4.78 is 19.2. The van der Waals surface area contributed by atoms with E-state index in [-0.39, 0.29) is 11.4 Å². The van der Waals surface area contributed by atoms with Crippen LogP contribution in [0, 0.1) is 5.82 Å². The Hall–Kier alpha value is -0.970. The minimum Gasteiger partial charge on any atom is -0.375 e. The van der Waals surface area contributed by atoms with Gasteiger partial charge in [0.25, 0.3) is 0 Å². The van der Waals surface area contributed by atoms with E-state index in [2.05, 4.69) is 26.1 Å². The molecule has 0 aliphatic heterocycles. The molecular weight excluding hydrogens is 255 g/mol. The first-order valence-corrected chi connectivity index (χ1v) is 7.03. The van der Waals surface area contributed by atoms with Gasteiger partial charge in [-0.3, -0.25) is 0 Å². The van der Waals surface area contributed by atoms with E-state index in [1.807, 2.05) is 31.1 Å². The van der Waals surface area contributed by atoms with Crippen molar-refractivity contribution in [3.63, 3.8) is 0 Å². The summed E-state index contributed by atoms with van der Waals surface area (Å²) in [4.78, 5) is 2.04. The predicted molar refractivity (Wildman–Crippen MR) is 81.2 cm³/mol. The fraction of sp³-hybridized carbons (Fsp3) is 0.625. The highest BCUT2D eigenvalue weighted by atomic mass is 19.1. The molecule has 0 aromatic heterocycles. The lowest BCUT2D eigenvalue weighted by Gasteiger charge is -2.20. The molecule has 0 fully saturated rings. The van der Waals surface area contributed by atoms with E-state index in [1.54, 1.807) is 0 Å². The van der Waals surface area contributed by atoms with Crippen LogP contribution in [0.5, 0.6) is 0 Å². The van der Waals surface area contributed by atoms with Crippen LogP contribution >= 0.6 is 0 Å². The van der Waals surface area contributed by atoms with Crippen molar-refractivity contribution in [3.8, 4) is 0 Å². The summed E-state index contributed by atoms with van der Waals surface area (Å²) in [7, 11) is 3.98. The third kappa shape index (κ3) is 6.98. The molecule has 1 aromatic rings. The van der Waals surface area contributed by atoms with Gasteiger partial charge in [-0.2, -0.15) is 0 Å². The van der Waals surface area contributed by atoms with Crippen LogP contribution in [0.4, 0.5) is 4.39 Å². The molecule has 0 amide bonds. The Balaban J connectivity index is 2.53. The SMILES string of the molecule is CN(C)CCOCc1cc(CNC(C)(C)C)ccc1F. The van der Waals surface area contributed by atoms with Gasteiger partial charge in [-0.05, 0) is 52.6 Å². The van der Waals surface area contributed by atoms with Gasteiger partial charge in [-0.15, -0.1) is 0 Å². The summed E-state index contributed by atoms with van der Waals surface area (Å²) in [5, 5.41) is 3.40. The number of nitrogens with one attached hydrogen (secondary N) is 1. The van der Waals surface area contributed by atoms with Crippen molar-refractivity contribution in [1.82, 2.24) is 10.2 Å². The van der Waals surface area contributed by atoms with Crippen molar-refractivity contribution >= 4 is 0 Å². The Morgan fingerprint density at radius 2 is 1.95 bits per heavy atom. The summed E-state index contributed by atoms with van der Waals surface area (Å²) in [5.41, 5.74) is 1.75. The van der Waals surface area contributed by atoms with Gasteiger partial charge in [0.15, 0.2) is 0 Å². The van der Waals surface area contributed by atoms with Crippen molar-refractivity contribution in [2.75, 3.05) is 27.2 Å². The predicted octanol–water partition coefficient (Wildman–Crippen LogP) is 2.79. The lowest BCUT2D eigenvalue weighted by molar-refractivity contribution is 0.103. The van der Waals surface area contributed by atoms with Crippen molar-refractivity contribution in [2.24, 2.45) is 0 Å². The monoisotopic (exact) mass is 282 g/mol. The molecule has 0 heterocycles. The largest absolute Gasteiger partial charge is 0.375 e. The van der Waals surface area contributed by atoms with Crippen LogP contribution in [-0.4, -0.2) is 37.7 Å². The average Bonchev–Trinajstić information content (AvgIpc) is 2.33. The Morgan fingerprint density at radius 3 is 2.55 bits per heavy atom. The first-order valence-electron chi connectivity index (χ1n) is 7.03. The molecule has 0 radical (unpaired) electrons. The second kappa shape index (κ2) is 7.72. The van der Waals surface area contributed by atoms with E-state index in [0.717, 1.165) is 18.7 Å². The fourth-order valence-corrected chi connectivity index (χ4v) is 1.65. The third-order valence-corrected chi connectivity index (χ3v) is 2.87. The molecule has 0 saturated carbocycles. The molecule has 114 valence electrons. The molecule has 20 heavy (non-hydrogen) atoms. The van der Waals surface area contributed by atoms with Gasteiger partial charge in [-0.25, -0.2) is 4.39 Å². The first kappa shape index (κ1) is 17.1. The van der Waals surface area contributed by atoms with E-state index in [9.17, 15) is 4.39 Å². The van der Waals surface area contributed by atoms with Gasteiger partial charge in [0.1, 0.15) is 5.82 Å². The minimum absolute atomic E-state index is 0.0523. The van der Waals surface area contributed by atoms with Crippen molar-refractivity contribution in [1.29, 1.82) is 0 Å². The summed E-state index contributed by atoms with van der Waals surface area (Å²) in [6, 6.07) is 5.21. The molecule has 1 rings (SSSR count). The normalized spacial score (nSPS) is 12.2. The lowest BCUT2D eigenvalue weighted by Crippen LogP contribution is -2.35. The quantitative estimate of drug-likeness (QED) is 0.778. The highest BCUT2D eigenvalue weighted by molar-refractivity contribution is 5.24. The van der Waals surface area contributed by atoms with Gasteiger partial charge in [0.2, 0.25) is 0 Å². The Kier molecular flexibility index (Phi) is 6.59. The van der Waals surface area contributed by atoms with E-state index < -0.39 is 0 Å². The highest BCUT2D eigenvalue weighted by Crippen LogP contribution is 2.13. The topological polar surface area (TPSA) is 24.5 Å². The van der Waals surface area contributed by atoms with Crippen molar-refractivity contribution in [2.45, 2.75) is 39.5 Å². The van der Waals surface area contributed by atoms with Gasteiger partial charge < -0.3 is 15.0 Å². The number of ether oxygens (including phenoxy) is 1. The van der Waals surface area contributed by atoms with Crippen LogP contribution in [-0.2, 0) is 17.9 Å². The van der Waals surface area contributed by atoms with E-state index in [1.165, 1.54) is 6.07 Å². The number of hydrogen-bond donors (Lipinski definition) is 1. The molecular formula is C16H27FN2O. The molecule has 0 atom stereocenters. The highest BCUT2D eigenvalue weighted by Gasteiger charge is 2.10. The average molecular weight is 282 g/mol. The number of hydrogen-bond acceptors (Lipinski definition) is 3. The number of likely N-dealkylation sites (N-methyl/N-ethyl adjacent to an activating group) is 1. The van der Waals surface area contributed by atoms with Crippen molar-refractivity contribution < 1.29 is 9.13 Å². The fourth-order valence-electron chi connectivity index (χ4n) is 1.65. The maximum atomic E-state index is 13.7. The number of halogens is 1. The zero-order valence-corrected chi connectivity index (χ0v) is 13.3. The second-order valence-corrected chi connectivity index (χ2v) is 6.39. The van der Waals surface area contributed by atoms with Gasteiger partial charge >= 0.3 is 0 Å². The van der Waals surface area contributed by atoms with Crippen LogP contribution in [0.25, 0.3) is 0 Å². The van der Waals surface area contributed by atoms with Crippen molar-refractivity contribution in [3.05, 3.63) is 35.1 Å². The maximum absolute atomic E-state index is 13.7. The first-order chi connectivity index (χ1) is 9.28. The zero-order valence-electron chi connectivity index (χ0n) is 13.3. The maximum Gasteiger partial charge on any atom is 0.128 e. The Morgan fingerprint density at radius 1 is 1.25 bits per heavy atom. The Bertz CT molecular complexity index is 413. The number of rotatable bonds is 7. The van der Waals surface area contributed by atoms with Crippen LogP contribution in [0.3, 0.4) is 0 Å². The van der Waals surface area contributed by atoms with Gasteiger partial charge in [-0.1, -0.05) is 6.07 Å². The molecule has 0 aliphatic carbocycles. The molecule has 1 N–H and O–H groups in total. The van der Waals surface area contributed by atoms with E-state index in [0.29, 0.717) is 18.8 Å². The van der Waals surface area contributed by atoms with Gasteiger partial charge in [0.05, 0.1) is 13.2 Å². The third-order valence-electron chi connectivity index (χ3n) is 2.87.